The van der Waals surface area contributed by atoms with E-state index in [1.165, 1.54) is 36.0 Å². The Morgan fingerprint density at radius 1 is 1.12 bits per heavy atom. The Morgan fingerprint density at radius 3 is 2.40 bits per heavy atom. The lowest BCUT2D eigenvalue weighted by atomic mass is 9.72. The van der Waals surface area contributed by atoms with Crippen molar-refractivity contribution in [2.45, 2.75) is 80.3 Å². The molecular formula is C24H38O. The normalized spacial score (nSPS) is 20.2. The van der Waals surface area contributed by atoms with Crippen molar-refractivity contribution in [2.75, 3.05) is 6.61 Å². The molecular weight excluding hydrogens is 304 g/mol. The van der Waals surface area contributed by atoms with Gasteiger partial charge in [-0.3, -0.25) is 0 Å². The molecule has 0 aromatic carbocycles. The summed E-state index contributed by atoms with van der Waals surface area (Å²) in [5, 5.41) is 0. The minimum absolute atomic E-state index is 0.0819. The molecule has 1 nitrogen and oxygen atoms in total. The summed E-state index contributed by atoms with van der Waals surface area (Å²) in [6.45, 7) is 18.2. The summed E-state index contributed by atoms with van der Waals surface area (Å²) >= 11 is 0. The number of allylic oxidation sites excluding steroid dienone is 9. The molecule has 0 unspecified atom stereocenters. The summed E-state index contributed by atoms with van der Waals surface area (Å²) in [7, 11) is 0. The second-order valence-corrected chi connectivity index (χ2v) is 8.91. The number of rotatable bonds is 6. The first-order valence-corrected chi connectivity index (χ1v) is 9.55. The Labute approximate surface area is 156 Å². The average molecular weight is 343 g/mol. The van der Waals surface area contributed by atoms with Crippen LogP contribution >= 0.6 is 0 Å². The van der Waals surface area contributed by atoms with Crippen molar-refractivity contribution in [3.8, 4) is 0 Å². The van der Waals surface area contributed by atoms with Crippen LogP contribution in [0.5, 0.6) is 0 Å². The largest absolute Gasteiger partial charge is 0.372 e. The van der Waals surface area contributed by atoms with E-state index in [4.69, 9.17) is 4.74 Å². The number of hydrogen-bond acceptors (Lipinski definition) is 1. The molecule has 0 saturated carbocycles. The molecule has 0 bridgehead atoms. The predicted molar refractivity (Wildman–Crippen MR) is 112 cm³/mol. The molecule has 0 atom stereocenters. The van der Waals surface area contributed by atoms with Gasteiger partial charge in [0.25, 0.3) is 0 Å². The van der Waals surface area contributed by atoms with Crippen LogP contribution < -0.4 is 0 Å². The summed E-state index contributed by atoms with van der Waals surface area (Å²) in [5.41, 5.74) is 5.79. The summed E-state index contributed by atoms with van der Waals surface area (Å²) in [6, 6.07) is 0. The highest BCUT2D eigenvalue weighted by Gasteiger charge is 2.26. The predicted octanol–water partition coefficient (Wildman–Crippen LogP) is 7.33. The van der Waals surface area contributed by atoms with Crippen molar-refractivity contribution in [1.29, 1.82) is 0 Å². The quantitative estimate of drug-likeness (QED) is 0.459. The molecule has 140 valence electrons. The fourth-order valence-corrected chi connectivity index (χ4v) is 3.12. The first kappa shape index (κ1) is 21.7. The standard InChI is InChI=1S/C24H38O/c1-19(11-9-12-20(2)16-18-25-23(4,5)6)14-15-22-21(3)13-10-17-24(22,7)8/h9,11-12,14-16H,10,13,17-18H2,1-8H3/b12-9+,15-14+,19-11+,20-16+. The third-order valence-electron chi connectivity index (χ3n) is 4.70. The van der Waals surface area contributed by atoms with Crippen LogP contribution in [0.4, 0.5) is 0 Å². The minimum atomic E-state index is -0.0819. The Hall–Kier alpha value is -1.34. The van der Waals surface area contributed by atoms with Gasteiger partial charge in [0.1, 0.15) is 0 Å². The van der Waals surface area contributed by atoms with E-state index in [-0.39, 0.29) is 5.60 Å². The molecule has 25 heavy (non-hydrogen) atoms. The zero-order chi connectivity index (χ0) is 19.1. The summed E-state index contributed by atoms with van der Waals surface area (Å²) in [4.78, 5) is 0. The molecule has 0 radical (unpaired) electrons. The Morgan fingerprint density at radius 2 is 1.80 bits per heavy atom. The van der Waals surface area contributed by atoms with Gasteiger partial charge in [0.15, 0.2) is 0 Å². The Kier molecular flexibility index (Phi) is 8.15. The smallest absolute Gasteiger partial charge is 0.0660 e. The van der Waals surface area contributed by atoms with Crippen molar-refractivity contribution in [3.05, 3.63) is 58.7 Å². The van der Waals surface area contributed by atoms with Crippen molar-refractivity contribution in [1.82, 2.24) is 0 Å². The SMILES string of the molecule is CC1=C(/C=C/C(C)=C/C=C/C(C)=C/COC(C)(C)C)C(C)(C)CCC1. The Bertz CT molecular complexity index is 586. The molecule has 0 N–H and O–H groups in total. The number of hydrogen-bond donors (Lipinski definition) is 0. The molecule has 0 heterocycles. The summed E-state index contributed by atoms with van der Waals surface area (Å²) in [5.74, 6) is 0. The lowest BCUT2D eigenvalue weighted by Crippen LogP contribution is -2.19. The van der Waals surface area contributed by atoms with Crippen molar-refractivity contribution >= 4 is 0 Å². The molecule has 0 spiro atoms. The van der Waals surface area contributed by atoms with Gasteiger partial charge in [-0.05, 0) is 71.8 Å². The third-order valence-corrected chi connectivity index (χ3v) is 4.70. The van der Waals surface area contributed by atoms with Gasteiger partial charge >= 0.3 is 0 Å². The second-order valence-electron chi connectivity index (χ2n) is 8.91. The van der Waals surface area contributed by atoms with Crippen LogP contribution in [0.15, 0.2) is 58.7 Å². The lowest BCUT2D eigenvalue weighted by Gasteiger charge is -2.32. The molecule has 0 aromatic heterocycles. The molecule has 1 rings (SSSR count). The van der Waals surface area contributed by atoms with Gasteiger partial charge in [0, 0.05) is 0 Å². The molecule has 0 aromatic rings. The topological polar surface area (TPSA) is 9.23 Å². The molecule has 0 amide bonds. The Balaban J connectivity index is 2.65. The first-order chi connectivity index (χ1) is 11.5. The van der Waals surface area contributed by atoms with Crippen LogP contribution in [-0.4, -0.2) is 12.2 Å². The van der Waals surface area contributed by atoms with Crippen molar-refractivity contribution < 1.29 is 4.74 Å². The summed E-state index contributed by atoms with van der Waals surface area (Å²) in [6.07, 6.45) is 17.0. The molecule has 0 aliphatic heterocycles. The fraction of sp³-hybridized carbons (Fsp3) is 0.583. The van der Waals surface area contributed by atoms with Crippen molar-refractivity contribution in [2.24, 2.45) is 5.41 Å². The van der Waals surface area contributed by atoms with Gasteiger partial charge in [0.05, 0.1) is 12.2 Å². The van der Waals surface area contributed by atoms with Crippen LogP contribution in [0.1, 0.15) is 74.7 Å². The average Bonchev–Trinajstić information content (AvgIpc) is 2.44. The zero-order valence-electron chi connectivity index (χ0n) is 17.7. The van der Waals surface area contributed by atoms with E-state index in [1.807, 2.05) is 0 Å². The van der Waals surface area contributed by atoms with E-state index in [1.54, 1.807) is 5.57 Å². The van der Waals surface area contributed by atoms with E-state index in [9.17, 15) is 0 Å². The molecule has 1 aliphatic carbocycles. The van der Waals surface area contributed by atoms with Gasteiger partial charge in [-0.1, -0.05) is 67.0 Å². The third kappa shape index (κ3) is 8.54. The molecule has 0 fully saturated rings. The van der Waals surface area contributed by atoms with Gasteiger partial charge < -0.3 is 4.74 Å². The summed E-state index contributed by atoms with van der Waals surface area (Å²) < 4.78 is 5.72. The van der Waals surface area contributed by atoms with Gasteiger partial charge in [-0.15, -0.1) is 0 Å². The van der Waals surface area contributed by atoms with E-state index >= 15 is 0 Å². The van der Waals surface area contributed by atoms with Crippen LogP contribution in [-0.2, 0) is 4.74 Å². The van der Waals surface area contributed by atoms with Crippen LogP contribution in [0.25, 0.3) is 0 Å². The van der Waals surface area contributed by atoms with Crippen LogP contribution in [0, 0.1) is 5.41 Å². The zero-order valence-corrected chi connectivity index (χ0v) is 17.7. The van der Waals surface area contributed by atoms with Crippen molar-refractivity contribution in [3.63, 3.8) is 0 Å². The molecule has 0 saturated heterocycles. The maximum absolute atomic E-state index is 5.72. The molecule has 1 aliphatic rings. The van der Waals surface area contributed by atoms with Gasteiger partial charge in [-0.25, -0.2) is 0 Å². The monoisotopic (exact) mass is 342 g/mol. The van der Waals surface area contributed by atoms with Crippen LogP contribution in [0.3, 0.4) is 0 Å². The van der Waals surface area contributed by atoms with Gasteiger partial charge in [-0.2, -0.15) is 0 Å². The van der Waals surface area contributed by atoms with E-state index in [2.05, 4.69) is 91.8 Å². The van der Waals surface area contributed by atoms with E-state index in [0.717, 1.165) is 0 Å². The second kappa shape index (κ2) is 9.38. The highest BCUT2D eigenvalue weighted by atomic mass is 16.5. The number of ether oxygens (including phenoxy) is 1. The van der Waals surface area contributed by atoms with E-state index in [0.29, 0.717) is 12.0 Å². The maximum Gasteiger partial charge on any atom is 0.0660 e. The highest BCUT2D eigenvalue weighted by molar-refractivity contribution is 5.37. The highest BCUT2D eigenvalue weighted by Crippen LogP contribution is 2.40. The first-order valence-electron chi connectivity index (χ1n) is 9.55. The van der Waals surface area contributed by atoms with Gasteiger partial charge in [0.2, 0.25) is 0 Å². The lowest BCUT2D eigenvalue weighted by molar-refractivity contribution is 0.0148. The minimum Gasteiger partial charge on any atom is -0.372 e. The van der Waals surface area contributed by atoms with E-state index < -0.39 is 0 Å². The maximum atomic E-state index is 5.72. The fourth-order valence-electron chi connectivity index (χ4n) is 3.12. The molecule has 1 heteroatoms. The van der Waals surface area contributed by atoms with Crippen LogP contribution in [0.2, 0.25) is 0 Å².